The summed E-state index contributed by atoms with van der Waals surface area (Å²) in [6.45, 7) is 10.4. The highest BCUT2D eigenvalue weighted by molar-refractivity contribution is 7.10. The summed E-state index contributed by atoms with van der Waals surface area (Å²) in [6, 6.07) is 9.03. The van der Waals surface area contributed by atoms with Gasteiger partial charge in [-0.25, -0.2) is 14.4 Å². The quantitative estimate of drug-likeness (QED) is 0.168. The van der Waals surface area contributed by atoms with Gasteiger partial charge in [0.25, 0.3) is 0 Å². The molecular formula is C31H45N5O8S3. The number of carbonyl (C=O) groups excluding carboxylic acids is 4. The number of carbonyl (C=O) groups is 5. The standard InChI is InChI=1S/C12H18N2O3S.C12H17NO4S.C7H10N2OS/c1-12(2,3)17-11(16)14-9(10(13)15)7-8-5-4-6-18-8;1-12(2,3)17-11(16)13-9(10(14)15)7-8-5-4-6-18-8;8-6(7(9)10)4-5-2-1-3-11-5/h4-6,9H,7H2,1-3H3,(H2,13,15)(H,14,16);4-6,9H,7H2,1-3H3,(H,13,16)(H,14,15);1-3,6H,4,8H2,(H2,9,10)/t2*9-;6-/m111/s1. The molecule has 0 fully saturated rings. The molecule has 0 aliphatic heterocycles. The second kappa shape index (κ2) is 19.6. The molecule has 9 N–H and O–H groups in total. The van der Waals surface area contributed by atoms with Crippen LogP contribution in [0, 0.1) is 0 Å². The van der Waals surface area contributed by atoms with Gasteiger partial charge in [-0.1, -0.05) is 18.2 Å². The van der Waals surface area contributed by atoms with E-state index in [0.717, 1.165) is 14.6 Å². The van der Waals surface area contributed by atoms with Crippen molar-refractivity contribution in [3.63, 3.8) is 0 Å². The van der Waals surface area contributed by atoms with Crippen LogP contribution < -0.4 is 27.8 Å². The Labute approximate surface area is 286 Å². The Morgan fingerprint density at radius 1 is 0.681 bits per heavy atom. The lowest BCUT2D eigenvalue weighted by atomic mass is 10.1. The lowest BCUT2D eigenvalue weighted by molar-refractivity contribution is -0.139. The van der Waals surface area contributed by atoms with Crippen molar-refractivity contribution in [2.75, 3.05) is 0 Å². The van der Waals surface area contributed by atoms with Gasteiger partial charge in [-0.2, -0.15) is 0 Å². The van der Waals surface area contributed by atoms with Gasteiger partial charge in [0.1, 0.15) is 23.3 Å². The molecule has 4 amide bonds. The monoisotopic (exact) mass is 711 g/mol. The molecule has 3 heterocycles. The lowest BCUT2D eigenvalue weighted by Gasteiger charge is -2.22. The summed E-state index contributed by atoms with van der Waals surface area (Å²) in [7, 11) is 0. The second-order valence-corrected chi connectivity index (χ2v) is 15.1. The number of aliphatic carboxylic acids is 1. The molecular weight excluding hydrogens is 667 g/mol. The summed E-state index contributed by atoms with van der Waals surface area (Å²) in [5, 5.41) is 19.6. The fourth-order valence-electron chi connectivity index (χ4n) is 3.33. The molecule has 260 valence electrons. The maximum absolute atomic E-state index is 11.6. The number of amides is 4. The first-order valence-corrected chi connectivity index (χ1v) is 17.0. The normalized spacial score (nSPS) is 12.8. The zero-order chi connectivity index (χ0) is 35.8. The van der Waals surface area contributed by atoms with E-state index in [1.54, 1.807) is 52.9 Å². The largest absolute Gasteiger partial charge is 0.480 e. The van der Waals surface area contributed by atoms with E-state index >= 15 is 0 Å². The maximum atomic E-state index is 11.6. The van der Waals surface area contributed by atoms with Crippen molar-refractivity contribution in [2.24, 2.45) is 17.2 Å². The Morgan fingerprint density at radius 2 is 1.04 bits per heavy atom. The van der Waals surface area contributed by atoms with E-state index < -0.39 is 59.3 Å². The zero-order valence-electron chi connectivity index (χ0n) is 27.3. The molecule has 16 heteroatoms. The fraction of sp³-hybridized carbons (Fsp3) is 0.452. The van der Waals surface area contributed by atoms with E-state index in [9.17, 15) is 24.0 Å². The molecule has 0 spiro atoms. The molecule has 3 atom stereocenters. The van der Waals surface area contributed by atoms with Crippen molar-refractivity contribution in [3.8, 4) is 0 Å². The Balaban J connectivity index is 0.000000364. The number of carboxylic acids is 1. The predicted octanol–water partition coefficient (Wildman–Crippen LogP) is 4.04. The molecule has 3 aromatic heterocycles. The number of ether oxygens (including phenoxy) is 2. The molecule has 0 aromatic carbocycles. The molecule has 3 rings (SSSR count). The first kappa shape index (κ1) is 41.0. The first-order chi connectivity index (χ1) is 21.8. The molecule has 13 nitrogen and oxygen atoms in total. The molecule has 47 heavy (non-hydrogen) atoms. The van der Waals surface area contributed by atoms with Crippen molar-refractivity contribution < 1.29 is 38.6 Å². The third-order valence-electron chi connectivity index (χ3n) is 5.36. The highest BCUT2D eigenvalue weighted by Gasteiger charge is 2.25. The topological polar surface area (TPSA) is 226 Å². The fourth-order valence-corrected chi connectivity index (χ4v) is 5.60. The Hall–Kier alpha value is -3.99. The van der Waals surface area contributed by atoms with Crippen LogP contribution in [0.25, 0.3) is 0 Å². The summed E-state index contributed by atoms with van der Waals surface area (Å²) in [5.74, 6) is -2.10. The summed E-state index contributed by atoms with van der Waals surface area (Å²) in [4.78, 5) is 58.9. The van der Waals surface area contributed by atoms with E-state index in [1.165, 1.54) is 22.7 Å². The molecule has 0 unspecified atom stereocenters. The molecule has 0 radical (unpaired) electrons. The van der Waals surface area contributed by atoms with Gasteiger partial charge in [0.2, 0.25) is 11.8 Å². The van der Waals surface area contributed by atoms with E-state index in [4.69, 9.17) is 31.8 Å². The summed E-state index contributed by atoms with van der Waals surface area (Å²) >= 11 is 4.54. The molecule has 3 aromatic rings. The van der Waals surface area contributed by atoms with Crippen LogP contribution in [0.1, 0.15) is 56.2 Å². The SMILES string of the molecule is CC(C)(C)OC(=O)N[C@H](Cc1cccs1)C(=O)O.CC(C)(C)OC(=O)N[C@H](Cc1cccs1)C(N)=O.NC(=O)[C@H](N)Cc1cccs1. The van der Waals surface area contributed by atoms with Crippen LogP contribution in [0.2, 0.25) is 0 Å². The van der Waals surface area contributed by atoms with Crippen LogP contribution in [0.15, 0.2) is 52.5 Å². The van der Waals surface area contributed by atoms with Crippen LogP contribution in [0.4, 0.5) is 9.59 Å². The highest BCUT2D eigenvalue weighted by Crippen LogP contribution is 2.14. The molecule has 0 saturated heterocycles. The Kier molecular flexibility index (Phi) is 17.1. The second-order valence-electron chi connectivity index (χ2n) is 12.0. The third-order valence-corrected chi connectivity index (χ3v) is 8.06. The number of primary amides is 2. The lowest BCUT2D eigenvalue weighted by Crippen LogP contribution is -2.47. The highest BCUT2D eigenvalue weighted by atomic mass is 32.1. The van der Waals surface area contributed by atoms with E-state index in [0.29, 0.717) is 12.8 Å². The maximum Gasteiger partial charge on any atom is 0.408 e. The van der Waals surface area contributed by atoms with Gasteiger partial charge in [-0.3, -0.25) is 9.59 Å². The van der Waals surface area contributed by atoms with Crippen molar-refractivity contribution in [3.05, 3.63) is 67.2 Å². The minimum Gasteiger partial charge on any atom is -0.480 e. The van der Waals surface area contributed by atoms with E-state index in [1.807, 2.05) is 52.5 Å². The smallest absolute Gasteiger partial charge is 0.408 e. The van der Waals surface area contributed by atoms with Gasteiger partial charge in [0.15, 0.2) is 0 Å². The number of nitrogens with one attached hydrogen (secondary N) is 2. The van der Waals surface area contributed by atoms with Gasteiger partial charge in [0.05, 0.1) is 6.04 Å². The van der Waals surface area contributed by atoms with Crippen LogP contribution in [0.3, 0.4) is 0 Å². The van der Waals surface area contributed by atoms with Crippen molar-refractivity contribution in [2.45, 2.75) is 90.1 Å². The van der Waals surface area contributed by atoms with Crippen molar-refractivity contribution >= 4 is 64.0 Å². The first-order valence-electron chi connectivity index (χ1n) is 14.4. The summed E-state index contributed by atoms with van der Waals surface area (Å²) in [5.41, 5.74) is 14.4. The van der Waals surface area contributed by atoms with Gasteiger partial charge in [-0.15, -0.1) is 34.0 Å². The van der Waals surface area contributed by atoms with Crippen molar-refractivity contribution in [1.29, 1.82) is 0 Å². The molecule has 0 aliphatic carbocycles. The number of thiophene rings is 3. The minimum atomic E-state index is -1.07. The number of alkyl carbamates (subject to hydrolysis) is 2. The van der Waals surface area contributed by atoms with E-state index in [2.05, 4.69) is 10.6 Å². The number of carboxylic acid groups (broad SMARTS) is 1. The van der Waals surface area contributed by atoms with Crippen LogP contribution in [-0.2, 0) is 43.1 Å². The summed E-state index contributed by atoms with van der Waals surface area (Å²) in [6.07, 6.45) is -0.166. The zero-order valence-corrected chi connectivity index (χ0v) is 29.8. The van der Waals surface area contributed by atoms with E-state index in [-0.39, 0.29) is 6.42 Å². The van der Waals surface area contributed by atoms with Gasteiger partial charge >= 0.3 is 18.2 Å². The minimum absolute atomic E-state index is 0.256. The Morgan fingerprint density at radius 3 is 1.34 bits per heavy atom. The number of nitrogens with two attached hydrogens (primary N) is 3. The molecule has 0 aliphatic rings. The van der Waals surface area contributed by atoms with Crippen LogP contribution >= 0.6 is 34.0 Å². The third kappa shape index (κ3) is 19.3. The van der Waals surface area contributed by atoms with Gasteiger partial charge in [0, 0.05) is 33.9 Å². The number of hydrogen-bond acceptors (Lipinski definition) is 11. The number of hydrogen-bond donors (Lipinski definition) is 6. The summed E-state index contributed by atoms with van der Waals surface area (Å²) < 4.78 is 10.1. The predicted molar refractivity (Wildman–Crippen MR) is 184 cm³/mol. The van der Waals surface area contributed by atoms with Gasteiger partial charge < -0.3 is 42.4 Å². The Bertz CT molecular complexity index is 1300. The van der Waals surface area contributed by atoms with Crippen LogP contribution in [0.5, 0.6) is 0 Å². The average Bonchev–Trinajstić information content (AvgIpc) is 3.71. The molecule has 0 saturated carbocycles. The molecule has 0 bridgehead atoms. The average molecular weight is 712 g/mol. The van der Waals surface area contributed by atoms with Crippen LogP contribution in [-0.4, -0.2) is 64.4 Å². The van der Waals surface area contributed by atoms with Crippen molar-refractivity contribution in [1.82, 2.24) is 10.6 Å². The van der Waals surface area contributed by atoms with Gasteiger partial charge in [-0.05, 0) is 75.9 Å². The number of rotatable bonds is 11.